The number of amides is 2. The standard InChI is InChI=1S/C18H24N2O5/c1-13-8-6-7-11-20(13)16(21)12-25-17(22)14-9-4-5-10-15(14)19(2)18(23)24-3/h4-5,9-10,13H,6-8,11-12H2,1-3H3/t13-/m1/s1. The fourth-order valence-corrected chi connectivity index (χ4v) is 2.93. The topological polar surface area (TPSA) is 76.1 Å². The summed E-state index contributed by atoms with van der Waals surface area (Å²) in [6.45, 7) is 2.39. The Morgan fingerprint density at radius 1 is 1.24 bits per heavy atom. The van der Waals surface area contributed by atoms with Crippen molar-refractivity contribution in [1.82, 2.24) is 4.90 Å². The van der Waals surface area contributed by atoms with Crippen molar-refractivity contribution in [3.63, 3.8) is 0 Å². The molecule has 7 heteroatoms. The van der Waals surface area contributed by atoms with Crippen LogP contribution in [0.15, 0.2) is 24.3 Å². The Hall–Kier alpha value is -2.57. The molecule has 1 aromatic carbocycles. The fourth-order valence-electron chi connectivity index (χ4n) is 2.93. The Morgan fingerprint density at radius 2 is 1.96 bits per heavy atom. The van der Waals surface area contributed by atoms with E-state index in [1.54, 1.807) is 29.2 Å². The molecule has 0 unspecified atom stereocenters. The van der Waals surface area contributed by atoms with Gasteiger partial charge in [-0.1, -0.05) is 12.1 Å². The lowest BCUT2D eigenvalue weighted by Gasteiger charge is -2.33. The van der Waals surface area contributed by atoms with Gasteiger partial charge in [-0.05, 0) is 38.3 Å². The predicted octanol–water partition coefficient (Wildman–Crippen LogP) is 2.45. The van der Waals surface area contributed by atoms with E-state index in [9.17, 15) is 14.4 Å². The molecule has 1 fully saturated rings. The maximum Gasteiger partial charge on any atom is 0.413 e. The highest BCUT2D eigenvalue weighted by molar-refractivity contribution is 6.01. The highest BCUT2D eigenvalue weighted by Gasteiger charge is 2.25. The van der Waals surface area contributed by atoms with Crippen molar-refractivity contribution in [3.8, 4) is 0 Å². The Bertz CT molecular complexity index is 646. The third-order valence-corrected chi connectivity index (χ3v) is 4.38. The predicted molar refractivity (Wildman–Crippen MR) is 92.6 cm³/mol. The highest BCUT2D eigenvalue weighted by atomic mass is 16.5. The van der Waals surface area contributed by atoms with Gasteiger partial charge in [0.1, 0.15) is 0 Å². The summed E-state index contributed by atoms with van der Waals surface area (Å²) < 4.78 is 9.85. The van der Waals surface area contributed by atoms with Gasteiger partial charge in [0.2, 0.25) is 0 Å². The summed E-state index contributed by atoms with van der Waals surface area (Å²) in [5.41, 5.74) is 0.563. The zero-order valence-corrected chi connectivity index (χ0v) is 14.9. The lowest BCUT2D eigenvalue weighted by atomic mass is 10.0. The molecular weight excluding hydrogens is 324 g/mol. The monoisotopic (exact) mass is 348 g/mol. The van der Waals surface area contributed by atoms with Gasteiger partial charge in [0, 0.05) is 19.6 Å². The summed E-state index contributed by atoms with van der Waals surface area (Å²) in [7, 11) is 2.76. The fraction of sp³-hybridized carbons (Fsp3) is 0.500. The second-order valence-electron chi connectivity index (χ2n) is 6.05. The first-order valence-corrected chi connectivity index (χ1v) is 8.33. The number of hydrogen-bond acceptors (Lipinski definition) is 5. The summed E-state index contributed by atoms with van der Waals surface area (Å²) in [6, 6.07) is 6.69. The summed E-state index contributed by atoms with van der Waals surface area (Å²) in [4.78, 5) is 39.3. The molecule has 0 spiro atoms. The molecule has 25 heavy (non-hydrogen) atoms. The van der Waals surface area contributed by atoms with Gasteiger partial charge in [-0.15, -0.1) is 0 Å². The molecule has 0 radical (unpaired) electrons. The van der Waals surface area contributed by atoms with Gasteiger partial charge in [0.25, 0.3) is 5.91 Å². The molecule has 2 rings (SSSR count). The number of hydrogen-bond donors (Lipinski definition) is 0. The number of carbonyl (C=O) groups excluding carboxylic acids is 3. The van der Waals surface area contributed by atoms with Crippen LogP contribution in [0.5, 0.6) is 0 Å². The Balaban J connectivity index is 2.04. The summed E-state index contributed by atoms with van der Waals surface area (Å²) in [5, 5.41) is 0. The molecule has 0 bridgehead atoms. The quantitative estimate of drug-likeness (QED) is 0.781. The van der Waals surface area contributed by atoms with Gasteiger partial charge >= 0.3 is 12.1 Å². The minimum Gasteiger partial charge on any atom is -0.452 e. The number of anilines is 1. The smallest absolute Gasteiger partial charge is 0.413 e. The summed E-state index contributed by atoms with van der Waals surface area (Å²) >= 11 is 0. The third kappa shape index (κ3) is 4.49. The molecule has 0 saturated carbocycles. The van der Waals surface area contributed by atoms with Gasteiger partial charge in [0.05, 0.1) is 18.4 Å². The first-order chi connectivity index (χ1) is 12.0. The van der Waals surface area contributed by atoms with Crippen molar-refractivity contribution in [2.75, 3.05) is 32.2 Å². The average Bonchev–Trinajstić information content (AvgIpc) is 2.64. The molecule has 1 saturated heterocycles. The number of esters is 1. The minimum atomic E-state index is -0.649. The van der Waals surface area contributed by atoms with Crippen molar-refractivity contribution in [1.29, 1.82) is 0 Å². The van der Waals surface area contributed by atoms with Crippen LogP contribution in [0.4, 0.5) is 10.5 Å². The number of carbonyl (C=O) groups is 3. The van der Waals surface area contributed by atoms with E-state index in [2.05, 4.69) is 4.74 Å². The molecule has 7 nitrogen and oxygen atoms in total. The van der Waals surface area contributed by atoms with Crippen LogP contribution in [0.25, 0.3) is 0 Å². The zero-order valence-electron chi connectivity index (χ0n) is 14.9. The Labute approximate surface area is 147 Å². The third-order valence-electron chi connectivity index (χ3n) is 4.38. The van der Waals surface area contributed by atoms with Gasteiger partial charge in [-0.2, -0.15) is 0 Å². The van der Waals surface area contributed by atoms with Crippen LogP contribution in [-0.2, 0) is 14.3 Å². The molecule has 1 aliphatic heterocycles. The molecule has 2 amide bonds. The van der Waals surface area contributed by atoms with E-state index in [-0.39, 0.29) is 24.1 Å². The number of ether oxygens (including phenoxy) is 2. The molecule has 0 N–H and O–H groups in total. The number of para-hydroxylation sites is 1. The van der Waals surface area contributed by atoms with Crippen molar-refractivity contribution in [3.05, 3.63) is 29.8 Å². The van der Waals surface area contributed by atoms with E-state index in [1.165, 1.54) is 19.1 Å². The molecule has 0 aliphatic carbocycles. The van der Waals surface area contributed by atoms with Crippen LogP contribution < -0.4 is 4.90 Å². The van der Waals surface area contributed by atoms with E-state index in [0.717, 1.165) is 19.3 Å². The van der Waals surface area contributed by atoms with Gasteiger partial charge in [0.15, 0.2) is 6.61 Å². The van der Waals surface area contributed by atoms with Crippen molar-refractivity contribution < 1.29 is 23.9 Å². The van der Waals surface area contributed by atoms with Crippen molar-refractivity contribution in [2.24, 2.45) is 0 Å². The van der Waals surface area contributed by atoms with Crippen molar-refractivity contribution in [2.45, 2.75) is 32.2 Å². The second-order valence-corrected chi connectivity index (χ2v) is 6.05. The lowest BCUT2D eigenvalue weighted by Crippen LogP contribution is -2.44. The maximum absolute atomic E-state index is 12.4. The van der Waals surface area contributed by atoms with Crippen LogP contribution in [0, 0.1) is 0 Å². The first-order valence-electron chi connectivity index (χ1n) is 8.33. The van der Waals surface area contributed by atoms with Crippen molar-refractivity contribution >= 4 is 23.7 Å². The van der Waals surface area contributed by atoms with E-state index in [0.29, 0.717) is 12.2 Å². The zero-order chi connectivity index (χ0) is 18.4. The summed E-state index contributed by atoms with van der Waals surface area (Å²) in [6.07, 6.45) is 2.44. The Kier molecular flexibility index (Phi) is 6.38. The minimum absolute atomic E-state index is 0.165. The maximum atomic E-state index is 12.4. The summed E-state index contributed by atoms with van der Waals surface area (Å²) in [5.74, 6) is -0.844. The van der Waals surface area contributed by atoms with Crippen LogP contribution in [0.2, 0.25) is 0 Å². The molecule has 136 valence electrons. The molecule has 1 aromatic rings. The number of piperidine rings is 1. The molecule has 1 aliphatic rings. The Morgan fingerprint density at radius 3 is 2.64 bits per heavy atom. The number of likely N-dealkylation sites (tertiary alicyclic amines) is 1. The van der Waals surface area contributed by atoms with Crippen LogP contribution in [-0.4, -0.2) is 56.2 Å². The SMILES string of the molecule is COC(=O)N(C)c1ccccc1C(=O)OCC(=O)N1CCCC[C@H]1C. The van der Waals surface area contributed by atoms with E-state index >= 15 is 0 Å². The van der Waals surface area contributed by atoms with Gasteiger partial charge in [-0.25, -0.2) is 9.59 Å². The normalized spacial score (nSPS) is 16.9. The van der Waals surface area contributed by atoms with Gasteiger partial charge < -0.3 is 14.4 Å². The van der Waals surface area contributed by atoms with E-state index < -0.39 is 12.1 Å². The highest BCUT2D eigenvalue weighted by Crippen LogP contribution is 2.21. The first kappa shape index (κ1) is 18.8. The number of methoxy groups -OCH3 is 1. The van der Waals surface area contributed by atoms with Crippen LogP contribution >= 0.6 is 0 Å². The number of benzene rings is 1. The van der Waals surface area contributed by atoms with E-state index in [1.807, 2.05) is 6.92 Å². The molecule has 1 atom stereocenters. The van der Waals surface area contributed by atoms with E-state index in [4.69, 9.17) is 4.74 Å². The largest absolute Gasteiger partial charge is 0.452 e. The van der Waals surface area contributed by atoms with Gasteiger partial charge in [-0.3, -0.25) is 9.69 Å². The average molecular weight is 348 g/mol. The van der Waals surface area contributed by atoms with Crippen LogP contribution in [0.1, 0.15) is 36.5 Å². The number of nitrogens with zero attached hydrogens (tertiary/aromatic N) is 2. The second kappa shape index (κ2) is 8.50. The number of rotatable bonds is 4. The lowest BCUT2D eigenvalue weighted by molar-refractivity contribution is -0.137. The molecule has 0 aromatic heterocycles. The molecular formula is C18H24N2O5. The van der Waals surface area contributed by atoms with Crippen LogP contribution in [0.3, 0.4) is 0 Å². The molecule has 1 heterocycles.